The van der Waals surface area contributed by atoms with Crippen LogP contribution in [0.4, 0.5) is 28.4 Å². The zero-order chi connectivity index (χ0) is 25.4. The molecular formula is C35H27BN2. The molecule has 0 saturated heterocycles. The third kappa shape index (κ3) is 2.74. The zero-order valence-electron chi connectivity index (χ0n) is 21.6. The van der Waals surface area contributed by atoms with Crippen molar-refractivity contribution in [1.82, 2.24) is 0 Å². The number of para-hydroxylation sites is 3. The molecular weight excluding hydrogens is 459 g/mol. The van der Waals surface area contributed by atoms with Crippen LogP contribution in [0.5, 0.6) is 0 Å². The van der Waals surface area contributed by atoms with Gasteiger partial charge >= 0.3 is 0 Å². The molecule has 0 bridgehead atoms. The normalized spacial score (nSPS) is 16.1. The molecule has 3 heteroatoms. The largest absolute Gasteiger partial charge is 0.314 e. The molecule has 5 aromatic rings. The number of nitrogens with zero attached hydrogens (tertiary/aromatic N) is 2. The van der Waals surface area contributed by atoms with Crippen LogP contribution in [0.3, 0.4) is 0 Å². The van der Waals surface area contributed by atoms with E-state index in [1.165, 1.54) is 61.7 Å². The standard InChI is InChI=1S/C35H27BN2/c1-35(2)27-19-10-9-18-26(27)32-34(35)38(25-16-7-4-8-17-25)31-23-13-22-30-33(31)36(32)28-20-11-12-21-29(28)37(30)24-14-5-3-6-15-24/h3-23H,1-2H3. The van der Waals surface area contributed by atoms with Crippen molar-refractivity contribution < 1.29 is 0 Å². The van der Waals surface area contributed by atoms with Gasteiger partial charge in [-0.05, 0) is 70.0 Å². The van der Waals surface area contributed by atoms with Gasteiger partial charge in [-0.1, -0.05) is 98.8 Å². The quantitative estimate of drug-likeness (QED) is 0.239. The molecule has 0 saturated carbocycles. The van der Waals surface area contributed by atoms with Crippen LogP contribution in [-0.2, 0) is 5.41 Å². The van der Waals surface area contributed by atoms with E-state index in [1.807, 2.05) is 0 Å². The molecule has 2 aliphatic heterocycles. The third-order valence-electron chi connectivity index (χ3n) is 8.60. The lowest BCUT2D eigenvalue weighted by molar-refractivity contribution is 0.626. The van der Waals surface area contributed by atoms with Crippen molar-refractivity contribution in [2.75, 3.05) is 9.80 Å². The van der Waals surface area contributed by atoms with E-state index < -0.39 is 0 Å². The van der Waals surface area contributed by atoms with Gasteiger partial charge in [0.25, 0.3) is 6.71 Å². The Morgan fingerprint density at radius 3 is 1.82 bits per heavy atom. The molecule has 0 radical (unpaired) electrons. The summed E-state index contributed by atoms with van der Waals surface area (Å²) >= 11 is 0. The molecule has 0 unspecified atom stereocenters. The molecule has 2 nitrogen and oxygen atoms in total. The number of anilines is 5. The summed E-state index contributed by atoms with van der Waals surface area (Å²) in [5.41, 5.74) is 14.4. The van der Waals surface area contributed by atoms with Crippen molar-refractivity contribution in [2.24, 2.45) is 0 Å². The third-order valence-corrected chi connectivity index (χ3v) is 8.60. The predicted octanol–water partition coefficient (Wildman–Crippen LogP) is 7.47. The van der Waals surface area contributed by atoms with E-state index in [4.69, 9.17) is 0 Å². The fourth-order valence-corrected chi connectivity index (χ4v) is 7.12. The Bertz CT molecular complexity index is 1750. The van der Waals surface area contributed by atoms with E-state index in [0.29, 0.717) is 0 Å². The molecule has 5 aromatic carbocycles. The molecule has 1 aliphatic carbocycles. The van der Waals surface area contributed by atoms with E-state index in [9.17, 15) is 0 Å². The highest BCUT2D eigenvalue weighted by Crippen LogP contribution is 2.55. The van der Waals surface area contributed by atoms with E-state index in [2.05, 4.69) is 151 Å². The molecule has 0 N–H and O–H groups in total. The Morgan fingerprint density at radius 2 is 1.08 bits per heavy atom. The van der Waals surface area contributed by atoms with Gasteiger partial charge in [-0.25, -0.2) is 0 Å². The minimum Gasteiger partial charge on any atom is -0.314 e. The van der Waals surface area contributed by atoms with Gasteiger partial charge in [0.05, 0.1) is 0 Å². The summed E-state index contributed by atoms with van der Waals surface area (Å²) in [5, 5.41) is 0. The molecule has 0 fully saturated rings. The maximum atomic E-state index is 2.54. The van der Waals surface area contributed by atoms with Crippen molar-refractivity contribution in [3.63, 3.8) is 0 Å². The summed E-state index contributed by atoms with van der Waals surface area (Å²) < 4.78 is 0. The van der Waals surface area contributed by atoms with Crippen LogP contribution in [0.1, 0.15) is 25.0 Å². The number of hydrogen-bond acceptors (Lipinski definition) is 2. The van der Waals surface area contributed by atoms with Crippen molar-refractivity contribution >= 4 is 51.5 Å². The maximum Gasteiger partial charge on any atom is 0.252 e. The fourth-order valence-electron chi connectivity index (χ4n) is 7.12. The van der Waals surface area contributed by atoms with Gasteiger partial charge in [0.15, 0.2) is 0 Å². The highest BCUT2D eigenvalue weighted by Gasteiger charge is 2.51. The minimum atomic E-state index is -0.138. The Kier molecular flexibility index (Phi) is 4.40. The van der Waals surface area contributed by atoms with Crippen LogP contribution < -0.4 is 20.7 Å². The highest BCUT2D eigenvalue weighted by molar-refractivity contribution is 7.03. The van der Waals surface area contributed by atoms with Gasteiger partial charge in [0, 0.05) is 39.5 Å². The SMILES string of the molecule is CC1(C)C2=C(B3c4ccccc4N(c4ccccc4)c4cccc(c43)N2c2ccccc2)c2ccccc21. The average Bonchev–Trinajstić information content (AvgIpc) is 3.21. The van der Waals surface area contributed by atoms with Crippen LogP contribution in [-0.4, -0.2) is 6.71 Å². The zero-order valence-corrected chi connectivity index (χ0v) is 21.6. The van der Waals surface area contributed by atoms with E-state index in [-0.39, 0.29) is 12.1 Å². The van der Waals surface area contributed by atoms with Gasteiger partial charge in [0.2, 0.25) is 0 Å². The van der Waals surface area contributed by atoms with Gasteiger partial charge in [0.1, 0.15) is 0 Å². The topological polar surface area (TPSA) is 6.48 Å². The van der Waals surface area contributed by atoms with Crippen LogP contribution >= 0.6 is 0 Å². The van der Waals surface area contributed by atoms with Gasteiger partial charge in [-0.3, -0.25) is 0 Å². The van der Waals surface area contributed by atoms with Crippen LogP contribution in [0.2, 0.25) is 0 Å². The Balaban J connectivity index is 1.52. The molecule has 0 aromatic heterocycles. The van der Waals surface area contributed by atoms with Gasteiger partial charge in [-0.2, -0.15) is 0 Å². The van der Waals surface area contributed by atoms with Crippen LogP contribution in [0, 0.1) is 0 Å². The lowest BCUT2D eigenvalue weighted by Gasteiger charge is -2.46. The first-order valence-electron chi connectivity index (χ1n) is 13.4. The Labute approximate surface area is 224 Å². The van der Waals surface area contributed by atoms with Gasteiger partial charge in [-0.15, -0.1) is 0 Å². The smallest absolute Gasteiger partial charge is 0.252 e. The Hall–Kier alpha value is -4.50. The number of benzene rings is 5. The summed E-state index contributed by atoms with van der Waals surface area (Å²) in [5.74, 6) is 0. The second kappa shape index (κ2) is 7.75. The van der Waals surface area contributed by atoms with Crippen molar-refractivity contribution in [3.05, 3.63) is 144 Å². The monoisotopic (exact) mass is 486 g/mol. The summed E-state index contributed by atoms with van der Waals surface area (Å²) in [7, 11) is 0. The lowest BCUT2D eigenvalue weighted by atomic mass is 9.32. The first-order valence-corrected chi connectivity index (χ1v) is 13.4. The first kappa shape index (κ1) is 21.6. The highest BCUT2D eigenvalue weighted by atomic mass is 15.2. The summed E-state index contributed by atoms with van der Waals surface area (Å²) in [6.07, 6.45) is 0. The van der Waals surface area contributed by atoms with E-state index >= 15 is 0 Å². The summed E-state index contributed by atoms with van der Waals surface area (Å²) in [4.78, 5) is 4.99. The van der Waals surface area contributed by atoms with Crippen LogP contribution in [0.15, 0.2) is 133 Å². The van der Waals surface area contributed by atoms with Crippen molar-refractivity contribution in [3.8, 4) is 0 Å². The molecule has 2 heterocycles. The number of allylic oxidation sites excluding steroid dienone is 1. The first-order chi connectivity index (χ1) is 18.7. The minimum absolute atomic E-state index is 0.138. The molecule has 0 amide bonds. The number of fused-ring (bicyclic) bond motifs is 5. The maximum absolute atomic E-state index is 2.54. The molecule has 0 atom stereocenters. The number of hydrogen-bond donors (Lipinski definition) is 0. The molecule has 0 spiro atoms. The van der Waals surface area contributed by atoms with Crippen LogP contribution in [0.25, 0.3) is 5.47 Å². The van der Waals surface area contributed by atoms with Gasteiger partial charge < -0.3 is 9.80 Å². The van der Waals surface area contributed by atoms with Crippen molar-refractivity contribution in [2.45, 2.75) is 19.3 Å². The lowest BCUT2D eigenvalue weighted by Crippen LogP contribution is -2.55. The molecule has 180 valence electrons. The van der Waals surface area contributed by atoms with E-state index in [0.717, 1.165) is 0 Å². The molecule has 3 aliphatic rings. The number of rotatable bonds is 2. The Morgan fingerprint density at radius 1 is 0.526 bits per heavy atom. The summed E-state index contributed by atoms with van der Waals surface area (Å²) in [6, 6.07) is 46.6. The fraction of sp³-hybridized carbons (Fsp3) is 0.0857. The average molecular weight is 486 g/mol. The van der Waals surface area contributed by atoms with E-state index in [1.54, 1.807) is 0 Å². The second-order valence-electron chi connectivity index (χ2n) is 11.0. The predicted molar refractivity (Wildman–Crippen MR) is 161 cm³/mol. The van der Waals surface area contributed by atoms with Crippen molar-refractivity contribution in [1.29, 1.82) is 0 Å². The molecule has 8 rings (SSSR count). The molecule has 38 heavy (non-hydrogen) atoms. The summed E-state index contributed by atoms with van der Waals surface area (Å²) in [6.45, 7) is 4.95. The second-order valence-corrected chi connectivity index (χ2v) is 11.0.